The summed E-state index contributed by atoms with van der Waals surface area (Å²) in [6, 6.07) is 8.40. The first kappa shape index (κ1) is 19.3. The lowest BCUT2D eigenvalue weighted by Gasteiger charge is -2.17. The molecule has 0 aliphatic rings. The second-order valence-corrected chi connectivity index (χ2v) is 6.18. The van der Waals surface area contributed by atoms with Crippen LogP contribution in [0.1, 0.15) is 12.0 Å². The molecule has 6 nitrogen and oxygen atoms in total. The van der Waals surface area contributed by atoms with Gasteiger partial charge in [-0.2, -0.15) is 0 Å². The number of methoxy groups -OCH3 is 1. The first-order valence-corrected chi connectivity index (χ1v) is 8.91. The zero-order chi connectivity index (χ0) is 17.9. The van der Waals surface area contributed by atoms with Crippen LogP contribution in [0.2, 0.25) is 0 Å². The van der Waals surface area contributed by atoms with Gasteiger partial charge >= 0.3 is 0 Å². The van der Waals surface area contributed by atoms with Crippen molar-refractivity contribution in [2.75, 3.05) is 54.0 Å². The summed E-state index contributed by atoms with van der Waals surface area (Å²) in [4.78, 5) is 9.88. The highest BCUT2D eigenvalue weighted by Crippen LogP contribution is 2.17. The van der Waals surface area contributed by atoms with Gasteiger partial charge in [-0.3, -0.25) is 4.99 Å². The molecule has 0 fully saturated rings. The second kappa shape index (κ2) is 10.7. The molecule has 2 aromatic rings. The van der Waals surface area contributed by atoms with Gasteiger partial charge in [0, 0.05) is 50.9 Å². The minimum Gasteiger partial charge on any atom is -0.383 e. The van der Waals surface area contributed by atoms with E-state index in [1.165, 1.54) is 16.5 Å². The number of hydrogen-bond acceptors (Lipinski definition) is 3. The van der Waals surface area contributed by atoms with Gasteiger partial charge in [-0.1, -0.05) is 18.2 Å². The second-order valence-electron chi connectivity index (χ2n) is 6.18. The lowest BCUT2D eigenvalue weighted by molar-refractivity contribution is 0.161. The van der Waals surface area contributed by atoms with Gasteiger partial charge in [0.25, 0.3) is 0 Å². The SMILES string of the molecule is CN=C(NCCCN(C)CCOC)NCCc1c[nH]c2ccccc12. The number of aliphatic imine (C=N–C) groups is 1. The van der Waals surface area contributed by atoms with Crippen LogP contribution in [0.5, 0.6) is 0 Å². The van der Waals surface area contributed by atoms with Crippen LogP contribution >= 0.6 is 0 Å². The molecule has 0 spiro atoms. The number of aromatic amines is 1. The number of nitrogens with one attached hydrogen (secondary N) is 3. The maximum atomic E-state index is 5.09. The van der Waals surface area contributed by atoms with Gasteiger partial charge in [-0.25, -0.2) is 0 Å². The highest BCUT2D eigenvalue weighted by Gasteiger charge is 2.04. The van der Waals surface area contributed by atoms with Gasteiger partial charge < -0.3 is 25.3 Å². The first-order valence-electron chi connectivity index (χ1n) is 8.91. The smallest absolute Gasteiger partial charge is 0.190 e. The average molecular weight is 345 g/mol. The monoisotopic (exact) mass is 345 g/mol. The van der Waals surface area contributed by atoms with Gasteiger partial charge in [0.15, 0.2) is 5.96 Å². The van der Waals surface area contributed by atoms with Crippen molar-refractivity contribution in [3.05, 3.63) is 36.0 Å². The molecule has 0 amide bonds. The predicted octanol–water partition coefficient (Wildman–Crippen LogP) is 1.84. The summed E-state index contributed by atoms with van der Waals surface area (Å²) in [5.74, 6) is 0.861. The standard InChI is InChI=1S/C19H31N5O/c1-20-19(21-10-6-12-24(2)13-14-25-3)22-11-9-16-15-23-18-8-5-4-7-17(16)18/h4-5,7-8,15,23H,6,9-14H2,1-3H3,(H2,20,21,22). The first-order chi connectivity index (χ1) is 12.2. The lowest BCUT2D eigenvalue weighted by Crippen LogP contribution is -2.39. The maximum absolute atomic E-state index is 5.09. The number of fused-ring (bicyclic) bond motifs is 1. The van der Waals surface area contributed by atoms with Crippen molar-refractivity contribution in [2.24, 2.45) is 4.99 Å². The average Bonchev–Trinajstić information content (AvgIpc) is 3.05. The Morgan fingerprint density at radius 3 is 2.80 bits per heavy atom. The molecule has 1 heterocycles. The largest absolute Gasteiger partial charge is 0.383 e. The zero-order valence-electron chi connectivity index (χ0n) is 15.6. The summed E-state index contributed by atoms with van der Waals surface area (Å²) in [6.45, 7) is 4.55. The van der Waals surface area contributed by atoms with E-state index in [0.717, 1.165) is 51.6 Å². The van der Waals surface area contributed by atoms with E-state index in [4.69, 9.17) is 4.74 Å². The molecule has 138 valence electrons. The third-order valence-corrected chi connectivity index (χ3v) is 4.27. The molecule has 0 radical (unpaired) electrons. The summed E-state index contributed by atoms with van der Waals surface area (Å²) in [5, 5.41) is 8.06. The Morgan fingerprint density at radius 2 is 2.00 bits per heavy atom. The quantitative estimate of drug-likeness (QED) is 0.349. The molecule has 3 N–H and O–H groups in total. The third-order valence-electron chi connectivity index (χ3n) is 4.27. The number of aromatic nitrogens is 1. The number of para-hydroxylation sites is 1. The minimum absolute atomic E-state index is 0.779. The number of nitrogens with zero attached hydrogens (tertiary/aromatic N) is 2. The van der Waals surface area contributed by atoms with Crippen LogP contribution in [0, 0.1) is 0 Å². The zero-order valence-corrected chi connectivity index (χ0v) is 15.6. The molecule has 0 saturated carbocycles. The molecule has 1 aromatic carbocycles. The molecular weight excluding hydrogens is 314 g/mol. The number of likely N-dealkylation sites (N-methyl/N-ethyl adjacent to an activating group) is 1. The Balaban J connectivity index is 1.65. The molecular formula is C19H31N5O. The van der Waals surface area contributed by atoms with Crippen molar-refractivity contribution in [3.8, 4) is 0 Å². The summed E-state index contributed by atoms with van der Waals surface area (Å²) < 4.78 is 5.09. The van der Waals surface area contributed by atoms with E-state index in [1.54, 1.807) is 7.11 Å². The van der Waals surface area contributed by atoms with Crippen molar-refractivity contribution in [2.45, 2.75) is 12.8 Å². The van der Waals surface area contributed by atoms with Crippen LogP contribution < -0.4 is 10.6 Å². The molecule has 0 aliphatic carbocycles. The van der Waals surface area contributed by atoms with Crippen molar-refractivity contribution < 1.29 is 4.74 Å². The Labute approximate surface area is 150 Å². The van der Waals surface area contributed by atoms with Crippen LogP contribution in [0.25, 0.3) is 10.9 Å². The minimum atomic E-state index is 0.779. The van der Waals surface area contributed by atoms with E-state index in [1.807, 2.05) is 7.05 Å². The van der Waals surface area contributed by atoms with Crippen LogP contribution in [-0.4, -0.2) is 69.8 Å². The van der Waals surface area contributed by atoms with Crippen molar-refractivity contribution in [3.63, 3.8) is 0 Å². The maximum Gasteiger partial charge on any atom is 0.190 e. The Morgan fingerprint density at radius 1 is 1.20 bits per heavy atom. The Kier molecular flexibility index (Phi) is 8.28. The number of benzene rings is 1. The predicted molar refractivity (Wildman–Crippen MR) is 105 cm³/mol. The van der Waals surface area contributed by atoms with E-state index in [2.05, 4.69) is 63.0 Å². The highest BCUT2D eigenvalue weighted by atomic mass is 16.5. The van der Waals surface area contributed by atoms with Crippen molar-refractivity contribution in [1.82, 2.24) is 20.5 Å². The van der Waals surface area contributed by atoms with Gasteiger partial charge in [-0.15, -0.1) is 0 Å². The molecule has 0 saturated heterocycles. The number of ether oxygens (including phenoxy) is 1. The van der Waals surface area contributed by atoms with Crippen LogP contribution in [0.15, 0.2) is 35.5 Å². The number of H-pyrrole nitrogens is 1. The fourth-order valence-corrected chi connectivity index (χ4v) is 2.79. The van der Waals surface area contributed by atoms with E-state index in [-0.39, 0.29) is 0 Å². The summed E-state index contributed by atoms with van der Waals surface area (Å²) in [6.07, 6.45) is 4.13. The molecule has 0 unspecified atom stereocenters. The van der Waals surface area contributed by atoms with Crippen LogP contribution in [0.4, 0.5) is 0 Å². The molecule has 0 bridgehead atoms. The Hall–Kier alpha value is -2.05. The van der Waals surface area contributed by atoms with E-state index < -0.39 is 0 Å². The van der Waals surface area contributed by atoms with E-state index in [9.17, 15) is 0 Å². The normalized spacial score (nSPS) is 12.1. The van der Waals surface area contributed by atoms with Gasteiger partial charge in [0.2, 0.25) is 0 Å². The van der Waals surface area contributed by atoms with Gasteiger partial charge in [-0.05, 0) is 38.1 Å². The molecule has 6 heteroatoms. The fourth-order valence-electron chi connectivity index (χ4n) is 2.79. The summed E-state index contributed by atoms with van der Waals surface area (Å²) in [5.41, 5.74) is 2.52. The molecule has 0 atom stereocenters. The van der Waals surface area contributed by atoms with E-state index in [0.29, 0.717) is 0 Å². The van der Waals surface area contributed by atoms with Crippen molar-refractivity contribution in [1.29, 1.82) is 0 Å². The van der Waals surface area contributed by atoms with Crippen LogP contribution in [0.3, 0.4) is 0 Å². The lowest BCUT2D eigenvalue weighted by atomic mass is 10.1. The molecule has 1 aromatic heterocycles. The highest BCUT2D eigenvalue weighted by molar-refractivity contribution is 5.83. The fraction of sp³-hybridized carbons (Fsp3) is 0.526. The van der Waals surface area contributed by atoms with Crippen LogP contribution in [-0.2, 0) is 11.2 Å². The van der Waals surface area contributed by atoms with E-state index >= 15 is 0 Å². The molecule has 2 rings (SSSR count). The summed E-state index contributed by atoms with van der Waals surface area (Å²) in [7, 11) is 5.67. The van der Waals surface area contributed by atoms with Crippen molar-refractivity contribution >= 4 is 16.9 Å². The third kappa shape index (κ3) is 6.40. The topological polar surface area (TPSA) is 64.7 Å². The Bertz CT molecular complexity index is 652. The number of rotatable bonds is 10. The summed E-state index contributed by atoms with van der Waals surface area (Å²) >= 11 is 0. The van der Waals surface area contributed by atoms with Gasteiger partial charge in [0.05, 0.1) is 6.61 Å². The number of guanidine groups is 1. The number of hydrogen-bond donors (Lipinski definition) is 3. The van der Waals surface area contributed by atoms with Gasteiger partial charge in [0.1, 0.15) is 0 Å². The molecule has 25 heavy (non-hydrogen) atoms. The molecule has 0 aliphatic heterocycles.